The number of imidazole rings is 1. The Morgan fingerprint density at radius 1 is 1.26 bits per heavy atom. The van der Waals surface area contributed by atoms with Crippen molar-refractivity contribution in [2.45, 2.75) is 44.2 Å². The summed E-state index contributed by atoms with van der Waals surface area (Å²) in [6.45, 7) is 3.53. The van der Waals surface area contributed by atoms with Crippen molar-refractivity contribution in [2.75, 3.05) is 0 Å². The number of carbonyl (C=O) groups is 1. The van der Waals surface area contributed by atoms with Crippen LogP contribution in [0.2, 0.25) is 5.15 Å². The fraction of sp³-hybridized carbons (Fsp3) is 0.538. The van der Waals surface area contributed by atoms with Crippen LogP contribution in [0.25, 0.3) is 11.2 Å². The second-order valence-corrected chi connectivity index (χ2v) is 6.54. The number of aromatic nitrogens is 4. The van der Waals surface area contributed by atoms with Gasteiger partial charge in [-0.3, -0.25) is 9.36 Å². The van der Waals surface area contributed by atoms with E-state index >= 15 is 0 Å². The predicted molar refractivity (Wildman–Crippen MR) is 78.9 cm³/mol. The molecule has 0 amide bonds. The number of rotatable bonds is 2. The van der Waals surface area contributed by atoms with Crippen LogP contribution >= 0.6 is 23.2 Å². The predicted octanol–water partition coefficient (Wildman–Crippen LogP) is 1.66. The largest absolute Gasteiger partial charge is 0.341 e. The van der Waals surface area contributed by atoms with Gasteiger partial charge in [0.2, 0.25) is 0 Å². The Kier molecular flexibility index (Phi) is 3.37. The van der Waals surface area contributed by atoms with E-state index in [0.29, 0.717) is 11.2 Å². The van der Waals surface area contributed by atoms with E-state index < -0.39 is 35.6 Å². The lowest BCUT2D eigenvalue weighted by Gasteiger charge is -2.23. The van der Waals surface area contributed by atoms with E-state index in [9.17, 15) is 4.79 Å². The average Bonchev–Trinajstić information content (AvgIpc) is 3.09. The highest BCUT2D eigenvalue weighted by Gasteiger charge is 2.58. The van der Waals surface area contributed by atoms with Crippen LogP contribution in [0.5, 0.6) is 0 Å². The van der Waals surface area contributed by atoms with Crippen molar-refractivity contribution < 1.29 is 19.0 Å². The Morgan fingerprint density at radius 3 is 2.74 bits per heavy atom. The second-order valence-electron chi connectivity index (χ2n) is 5.80. The first-order valence-corrected chi connectivity index (χ1v) is 7.66. The van der Waals surface area contributed by atoms with Crippen LogP contribution in [0.15, 0.2) is 12.7 Å². The van der Waals surface area contributed by atoms with Gasteiger partial charge in [0, 0.05) is 0 Å². The Bertz CT molecular complexity index is 795. The van der Waals surface area contributed by atoms with E-state index in [4.69, 9.17) is 37.4 Å². The van der Waals surface area contributed by atoms with Gasteiger partial charge in [-0.1, -0.05) is 11.6 Å². The van der Waals surface area contributed by atoms with Crippen molar-refractivity contribution in [3.63, 3.8) is 0 Å². The quantitative estimate of drug-likeness (QED) is 0.595. The van der Waals surface area contributed by atoms with Crippen LogP contribution in [0.4, 0.5) is 0 Å². The summed E-state index contributed by atoms with van der Waals surface area (Å²) in [7, 11) is 0. The second kappa shape index (κ2) is 5.09. The maximum atomic E-state index is 11.7. The molecule has 2 aliphatic rings. The van der Waals surface area contributed by atoms with Gasteiger partial charge < -0.3 is 14.2 Å². The molecular weight excluding hydrogens is 347 g/mol. The van der Waals surface area contributed by atoms with Gasteiger partial charge in [0.25, 0.3) is 5.24 Å². The molecule has 2 aliphatic heterocycles. The third kappa shape index (κ3) is 2.33. The van der Waals surface area contributed by atoms with E-state index in [0.717, 1.165) is 0 Å². The monoisotopic (exact) mass is 358 g/mol. The van der Waals surface area contributed by atoms with Gasteiger partial charge in [-0.15, -0.1) is 0 Å². The summed E-state index contributed by atoms with van der Waals surface area (Å²) in [4.78, 5) is 23.9. The third-order valence-electron chi connectivity index (χ3n) is 3.84. The lowest BCUT2D eigenvalue weighted by Crippen LogP contribution is -2.33. The zero-order valence-electron chi connectivity index (χ0n) is 12.1. The molecule has 2 fully saturated rings. The highest BCUT2D eigenvalue weighted by Crippen LogP contribution is 2.44. The van der Waals surface area contributed by atoms with E-state index in [2.05, 4.69) is 15.0 Å². The Balaban J connectivity index is 1.78. The molecule has 0 radical (unpaired) electrons. The highest BCUT2D eigenvalue weighted by atomic mass is 35.5. The highest BCUT2D eigenvalue weighted by molar-refractivity contribution is 6.64. The van der Waals surface area contributed by atoms with Crippen LogP contribution in [0.3, 0.4) is 0 Å². The topological polar surface area (TPSA) is 88.4 Å². The fourth-order valence-corrected chi connectivity index (χ4v) is 3.35. The van der Waals surface area contributed by atoms with E-state index in [1.807, 2.05) is 0 Å². The van der Waals surface area contributed by atoms with Gasteiger partial charge in [0.05, 0.1) is 6.33 Å². The molecule has 4 heterocycles. The van der Waals surface area contributed by atoms with Crippen LogP contribution in [-0.4, -0.2) is 48.9 Å². The minimum absolute atomic E-state index is 0.234. The molecular formula is C13H12Cl2N4O4. The summed E-state index contributed by atoms with van der Waals surface area (Å²) in [5.41, 5.74) is 0.915. The lowest BCUT2D eigenvalue weighted by molar-refractivity contribution is -0.195. The lowest BCUT2D eigenvalue weighted by atomic mass is 10.1. The number of carbonyl (C=O) groups excluding carboxylic acids is 1. The summed E-state index contributed by atoms with van der Waals surface area (Å²) >= 11 is 11.7. The third-order valence-corrected chi connectivity index (χ3v) is 4.33. The van der Waals surface area contributed by atoms with Gasteiger partial charge in [0.1, 0.15) is 24.1 Å². The molecule has 0 aliphatic carbocycles. The molecule has 122 valence electrons. The minimum atomic E-state index is -0.928. The molecule has 0 spiro atoms. The van der Waals surface area contributed by atoms with Crippen molar-refractivity contribution in [3.8, 4) is 0 Å². The summed E-state index contributed by atoms with van der Waals surface area (Å²) in [5.74, 6) is -0.842. The van der Waals surface area contributed by atoms with Crippen molar-refractivity contribution in [2.24, 2.45) is 0 Å². The van der Waals surface area contributed by atoms with Gasteiger partial charge >= 0.3 is 0 Å². The van der Waals surface area contributed by atoms with Crippen molar-refractivity contribution in [1.82, 2.24) is 19.5 Å². The SMILES string of the molecule is CC1(C)O[C@@H]2[C@@H](O1)[C@H](n1cnc3c(Cl)ncnc31)O[C@@H]2C(=O)Cl. The number of halogens is 2. The number of fused-ring (bicyclic) bond motifs is 2. The molecule has 0 unspecified atom stereocenters. The van der Waals surface area contributed by atoms with Gasteiger partial charge in [-0.2, -0.15) is 0 Å². The maximum absolute atomic E-state index is 11.7. The van der Waals surface area contributed by atoms with Gasteiger partial charge in [-0.05, 0) is 25.4 Å². The van der Waals surface area contributed by atoms with E-state index in [1.165, 1.54) is 12.7 Å². The average molecular weight is 359 g/mol. The fourth-order valence-electron chi connectivity index (χ4n) is 2.99. The van der Waals surface area contributed by atoms with E-state index in [1.54, 1.807) is 18.4 Å². The van der Waals surface area contributed by atoms with Crippen molar-refractivity contribution in [1.29, 1.82) is 0 Å². The molecule has 23 heavy (non-hydrogen) atoms. The van der Waals surface area contributed by atoms with Gasteiger partial charge in [0.15, 0.2) is 28.9 Å². The standard InChI is InChI=1S/C13H12Cl2N4O4/c1-13(2)22-6-7(10(15)20)21-12(8(6)23-13)19-4-18-5-9(14)16-3-17-11(5)19/h3-4,6-8,12H,1-2H3/t6-,7-,8+,12+/m0/s1. The number of ether oxygens (including phenoxy) is 3. The van der Waals surface area contributed by atoms with Crippen LogP contribution in [-0.2, 0) is 19.0 Å². The Labute approximate surface area is 140 Å². The molecule has 2 aromatic rings. The molecule has 0 N–H and O–H groups in total. The summed E-state index contributed by atoms with van der Waals surface area (Å²) in [6.07, 6.45) is 0.130. The number of nitrogens with zero attached hydrogens (tertiary/aromatic N) is 4. The van der Waals surface area contributed by atoms with Gasteiger partial charge in [-0.25, -0.2) is 15.0 Å². The Morgan fingerprint density at radius 2 is 2.00 bits per heavy atom. The first kappa shape index (κ1) is 15.2. The molecule has 0 aromatic carbocycles. The molecule has 0 bridgehead atoms. The molecule has 4 atom stereocenters. The first-order chi connectivity index (χ1) is 10.9. The van der Waals surface area contributed by atoms with Crippen LogP contribution in [0, 0.1) is 0 Å². The van der Waals surface area contributed by atoms with Crippen molar-refractivity contribution >= 4 is 39.6 Å². The normalized spacial score (nSPS) is 32.3. The summed E-state index contributed by atoms with van der Waals surface area (Å²) in [6, 6.07) is 0. The zero-order chi connectivity index (χ0) is 16.4. The van der Waals surface area contributed by atoms with Crippen LogP contribution < -0.4 is 0 Å². The Hall–Kier alpha value is -1.32. The minimum Gasteiger partial charge on any atom is -0.341 e. The maximum Gasteiger partial charge on any atom is 0.253 e. The number of hydrogen-bond donors (Lipinski definition) is 0. The zero-order valence-corrected chi connectivity index (χ0v) is 13.7. The van der Waals surface area contributed by atoms with E-state index in [-0.39, 0.29) is 5.15 Å². The first-order valence-electron chi connectivity index (χ1n) is 6.91. The molecule has 10 heteroatoms. The molecule has 0 saturated carbocycles. The number of hydrogen-bond acceptors (Lipinski definition) is 7. The summed E-state index contributed by atoms with van der Waals surface area (Å²) < 4.78 is 19.1. The summed E-state index contributed by atoms with van der Waals surface area (Å²) in [5, 5.41) is -0.405. The smallest absolute Gasteiger partial charge is 0.253 e. The molecule has 8 nitrogen and oxygen atoms in total. The van der Waals surface area contributed by atoms with Crippen molar-refractivity contribution in [3.05, 3.63) is 17.8 Å². The molecule has 4 rings (SSSR count). The molecule has 2 saturated heterocycles. The van der Waals surface area contributed by atoms with Crippen LogP contribution in [0.1, 0.15) is 20.1 Å². The molecule has 2 aromatic heterocycles.